The average Bonchev–Trinajstić information content (AvgIpc) is 3.28. The minimum atomic E-state index is 0.112. The predicted molar refractivity (Wildman–Crippen MR) is 78.8 cm³/mol. The van der Waals surface area contributed by atoms with Crippen molar-refractivity contribution >= 4 is 0 Å². The molecule has 6 heteroatoms. The molecule has 3 rings (SSSR count). The number of ether oxygens (including phenoxy) is 6. The first-order valence-corrected chi connectivity index (χ1v) is 8.52. The molecule has 0 aromatic carbocycles. The average molecular weight is 316 g/mol. The third-order valence-electron chi connectivity index (χ3n) is 4.38. The van der Waals surface area contributed by atoms with Crippen LogP contribution in [0.25, 0.3) is 0 Å². The summed E-state index contributed by atoms with van der Waals surface area (Å²) < 4.78 is 33.6. The highest BCUT2D eigenvalue weighted by Crippen LogP contribution is 2.19. The lowest BCUT2D eigenvalue weighted by atomic mass is 10.2. The van der Waals surface area contributed by atoms with Crippen LogP contribution in [0.1, 0.15) is 32.1 Å². The van der Waals surface area contributed by atoms with Crippen molar-refractivity contribution < 1.29 is 28.4 Å². The van der Waals surface area contributed by atoms with Gasteiger partial charge < -0.3 is 28.4 Å². The van der Waals surface area contributed by atoms with Crippen LogP contribution in [0.3, 0.4) is 0 Å². The first-order chi connectivity index (χ1) is 10.9. The fourth-order valence-electron chi connectivity index (χ4n) is 3.12. The van der Waals surface area contributed by atoms with Gasteiger partial charge in [0.1, 0.15) is 6.79 Å². The van der Waals surface area contributed by atoms with Gasteiger partial charge in [-0.2, -0.15) is 0 Å². The van der Waals surface area contributed by atoms with E-state index >= 15 is 0 Å². The lowest BCUT2D eigenvalue weighted by Crippen LogP contribution is -2.22. The summed E-state index contributed by atoms with van der Waals surface area (Å²) in [6.45, 7) is 4.56. The first-order valence-electron chi connectivity index (χ1n) is 8.52. The van der Waals surface area contributed by atoms with E-state index in [-0.39, 0.29) is 24.4 Å². The van der Waals surface area contributed by atoms with Crippen LogP contribution in [-0.2, 0) is 28.4 Å². The van der Waals surface area contributed by atoms with Crippen molar-refractivity contribution in [3.8, 4) is 0 Å². The summed E-state index contributed by atoms with van der Waals surface area (Å²) in [5, 5.41) is 0. The van der Waals surface area contributed by atoms with Gasteiger partial charge in [0, 0.05) is 19.6 Å². The van der Waals surface area contributed by atoms with E-state index in [9.17, 15) is 0 Å². The van der Waals surface area contributed by atoms with Crippen molar-refractivity contribution in [1.29, 1.82) is 0 Å². The van der Waals surface area contributed by atoms with E-state index in [0.29, 0.717) is 33.2 Å². The van der Waals surface area contributed by atoms with Crippen LogP contribution in [0.4, 0.5) is 0 Å². The highest BCUT2D eigenvalue weighted by molar-refractivity contribution is 4.75. The van der Waals surface area contributed by atoms with E-state index < -0.39 is 0 Å². The van der Waals surface area contributed by atoms with Gasteiger partial charge in [-0.05, 0) is 25.7 Å². The number of rotatable bonds is 9. The van der Waals surface area contributed by atoms with E-state index in [1.165, 1.54) is 0 Å². The molecule has 0 N–H and O–H groups in total. The molecule has 4 atom stereocenters. The largest absolute Gasteiger partial charge is 0.376 e. The summed E-state index contributed by atoms with van der Waals surface area (Å²) in [7, 11) is 0. The van der Waals surface area contributed by atoms with Crippen LogP contribution in [-0.4, -0.2) is 70.9 Å². The predicted octanol–water partition coefficient (Wildman–Crippen LogP) is 1.51. The van der Waals surface area contributed by atoms with E-state index in [1.54, 1.807) is 0 Å². The van der Waals surface area contributed by atoms with Crippen molar-refractivity contribution in [2.24, 2.45) is 0 Å². The standard InChI is InChI=1S/C16H28O6/c1-3-13(19-5-1)8-17-12-18-9-15-7-16(11-22-15)21-10-14-4-2-6-20-14/h13-16H,1-12H2. The van der Waals surface area contributed by atoms with Crippen LogP contribution < -0.4 is 0 Å². The fourth-order valence-corrected chi connectivity index (χ4v) is 3.12. The second-order valence-corrected chi connectivity index (χ2v) is 6.28. The van der Waals surface area contributed by atoms with Gasteiger partial charge in [0.05, 0.1) is 50.8 Å². The minimum absolute atomic E-state index is 0.112. The highest BCUT2D eigenvalue weighted by atomic mass is 16.7. The van der Waals surface area contributed by atoms with E-state index in [0.717, 1.165) is 45.3 Å². The molecule has 3 fully saturated rings. The molecule has 3 aliphatic heterocycles. The molecule has 22 heavy (non-hydrogen) atoms. The molecule has 6 nitrogen and oxygen atoms in total. The minimum Gasteiger partial charge on any atom is -0.376 e. The smallest absolute Gasteiger partial charge is 0.146 e. The van der Waals surface area contributed by atoms with Crippen molar-refractivity contribution in [3.63, 3.8) is 0 Å². The van der Waals surface area contributed by atoms with Gasteiger partial charge in [0.25, 0.3) is 0 Å². The van der Waals surface area contributed by atoms with Gasteiger partial charge in [-0.15, -0.1) is 0 Å². The Kier molecular flexibility index (Phi) is 6.91. The van der Waals surface area contributed by atoms with Gasteiger partial charge in [0.15, 0.2) is 0 Å². The first kappa shape index (κ1) is 16.6. The molecule has 0 amide bonds. The maximum Gasteiger partial charge on any atom is 0.146 e. The Morgan fingerprint density at radius 3 is 2.14 bits per heavy atom. The maximum atomic E-state index is 5.86. The van der Waals surface area contributed by atoms with Crippen LogP contribution in [0.15, 0.2) is 0 Å². The quantitative estimate of drug-likeness (QED) is 0.475. The Hall–Kier alpha value is -0.240. The monoisotopic (exact) mass is 316 g/mol. The van der Waals surface area contributed by atoms with Gasteiger partial charge in [-0.3, -0.25) is 0 Å². The Labute approximate surface area is 132 Å². The molecule has 0 radical (unpaired) electrons. The van der Waals surface area contributed by atoms with Crippen molar-refractivity contribution in [2.75, 3.05) is 46.4 Å². The zero-order chi connectivity index (χ0) is 15.0. The van der Waals surface area contributed by atoms with Crippen molar-refractivity contribution in [1.82, 2.24) is 0 Å². The van der Waals surface area contributed by atoms with E-state index in [4.69, 9.17) is 28.4 Å². The molecule has 0 aromatic heterocycles. The van der Waals surface area contributed by atoms with Gasteiger partial charge in [-0.25, -0.2) is 0 Å². The molecule has 3 saturated heterocycles. The molecular weight excluding hydrogens is 288 g/mol. The zero-order valence-electron chi connectivity index (χ0n) is 13.2. The fraction of sp³-hybridized carbons (Fsp3) is 1.00. The molecule has 128 valence electrons. The summed E-state index contributed by atoms with van der Waals surface area (Å²) in [5.41, 5.74) is 0. The van der Waals surface area contributed by atoms with Crippen LogP contribution in [0.2, 0.25) is 0 Å². The van der Waals surface area contributed by atoms with E-state index in [1.807, 2.05) is 0 Å². The summed E-state index contributed by atoms with van der Waals surface area (Å²) >= 11 is 0. The van der Waals surface area contributed by atoms with Gasteiger partial charge in [-0.1, -0.05) is 0 Å². The van der Waals surface area contributed by atoms with E-state index in [2.05, 4.69) is 0 Å². The van der Waals surface area contributed by atoms with Crippen LogP contribution >= 0.6 is 0 Å². The Bertz CT molecular complexity index is 301. The third kappa shape index (κ3) is 5.44. The van der Waals surface area contributed by atoms with Crippen LogP contribution in [0.5, 0.6) is 0 Å². The topological polar surface area (TPSA) is 55.4 Å². The second-order valence-electron chi connectivity index (χ2n) is 6.28. The molecule has 0 bridgehead atoms. The second kappa shape index (κ2) is 9.15. The molecule has 0 aromatic rings. The van der Waals surface area contributed by atoms with Crippen molar-refractivity contribution in [3.05, 3.63) is 0 Å². The summed E-state index contributed by atoms with van der Waals surface area (Å²) in [5.74, 6) is 0. The Morgan fingerprint density at radius 2 is 1.45 bits per heavy atom. The number of hydrogen-bond donors (Lipinski definition) is 0. The molecule has 4 unspecified atom stereocenters. The van der Waals surface area contributed by atoms with Gasteiger partial charge in [0.2, 0.25) is 0 Å². The zero-order valence-corrected chi connectivity index (χ0v) is 13.2. The lowest BCUT2D eigenvalue weighted by molar-refractivity contribution is -0.101. The SMILES string of the molecule is C1COC(COCOCC2CC(OCC3CCCO3)CO2)C1. The summed E-state index contributed by atoms with van der Waals surface area (Å²) in [6, 6.07) is 0. The van der Waals surface area contributed by atoms with Gasteiger partial charge >= 0.3 is 0 Å². The molecule has 0 aliphatic carbocycles. The molecule has 0 saturated carbocycles. The maximum absolute atomic E-state index is 5.86. The number of hydrogen-bond acceptors (Lipinski definition) is 6. The molecular formula is C16H28O6. The summed E-state index contributed by atoms with van der Waals surface area (Å²) in [6.07, 6.45) is 6.20. The molecule has 3 aliphatic rings. The summed E-state index contributed by atoms with van der Waals surface area (Å²) in [4.78, 5) is 0. The Morgan fingerprint density at radius 1 is 0.773 bits per heavy atom. The van der Waals surface area contributed by atoms with Crippen LogP contribution in [0, 0.1) is 0 Å². The highest BCUT2D eigenvalue weighted by Gasteiger charge is 2.27. The normalized spacial score (nSPS) is 35.5. The Balaban J connectivity index is 1.18. The molecule has 0 spiro atoms. The van der Waals surface area contributed by atoms with Crippen molar-refractivity contribution in [2.45, 2.75) is 56.5 Å². The molecule has 3 heterocycles. The lowest BCUT2D eigenvalue weighted by Gasteiger charge is -2.14. The third-order valence-corrected chi connectivity index (χ3v) is 4.38.